The van der Waals surface area contributed by atoms with Crippen molar-refractivity contribution in [3.63, 3.8) is 0 Å². The third-order valence-electron chi connectivity index (χ3n) is 4.76. The summed E-state index contributed by atoms with van der Waals surface area (Å²) >= 11 is 6.09. The van der Waals surface area contributed by atoms with Gasteiger partial charge in [0.1, 0.15) is 10.7 Å². The number of aromatic amines is 1. The predicted octanol–water partition coefficient (Wildman–Crippen LogP) is 4.39. The van der Waals surface area contributed by atoms with E-state index in [9.17, 15) is 13.2 Å². The lowest BCUT2D eigenvalue weighted by atomic mass is 9.85. The van der Waals surface area contributed by atoms with E-state index in [0.29, 0.717) is 15.9 Å². The summed E-state index contributed by atoms with van der Waals surface area (Å²) in [6.45, 7) is 0. The number of hydrogen-bond donors (Lipinski definition) is 2. The lowest BCUT2D eigenvalue weighted by molar-refractivity contribution is -0.122. The average molecular weight is 389 g/mol. The highest BCUT2D eigenvalue weighted by atomic mass is 35.5. The van der Waals surface area contributed by atoms with Crippen LogP contribution in [0.4, 0.5) is 5.82 Å². The number of rotatable bonds is 4. The van der Waals surface area contributed by atoms with Gasteiger partial charge in [-0.1, -0.05) is 36.2 Å². The molecule has 7 heteroatoms. The molecule has 1 saturated carbocycles. The van der Waals surface area contributed by atoms with Crippen LogP contribution in [0.15, 0.2) is 58.3 Å². The summed E-state index contributed by atoms with van der Waals surface area (Å²) in [5.41, 5.74) is 0.604. The molecule has 1 aliphatic carbocycles. The molecule has 134 valence electrons. The summed E-state index contributed by atoms with van der Waals surface area (Å²) in [6, 6.07) is 13.2. The van der Waals surface area contributed by atoms with Crippen LogP contribution in [-0.4, -0.2) is 19.3 Å². The second-order valence-corrected chi connectivity index (χ2v) is 8.78. The van der Waals surface area contributed by atoms with Gasteiger partial charge in [0.25, 0.3) is 0 Å². The van der Waals surface area contributed by atoms with E-state index < -0.39 is 9.84 Å². The van der Waals surface area contributed by atoms with Crippen molar-refractivity contribution in [2.75, 3.05) is 5.32 Å². The van der Waals surface area contributed by atoms with Gasteiger partial charge in [-0.15, -0.1) is 0 Å². The van der Waals surface area contributed by atoms with Crippen LogP contribution in [0.5, 0.6) is 0 Å². The molecule has 0 aliphatic heterocycles. The number of carbonyl (C=O) groups is 1. The zero-order valence-electron chi connectivity index (χ0n) is 13.8. The molecular weight excluding hydrogens is 372 g/mol. The van der Waals surface area contributed by atoms with E-state index in [0.717, 1.165) is 19.3 Å². The molecule has 4 rings (SSSR count). The summed E-state index contributed by atoms with van der Waals surface area (Å²) < 4.78 is 26.5. The first-order chi connectivity index (χ1) is 12.5. The van der Waals surface area contributed by atoms with E-state index in [1.54, 1.807) is 36.4 Å². The Kier molecular flexibility index (Phi) is 4.25. The topological polar surface area (TPSA) is 79.0 Å². The third kappa shape index (κ3) is 2.89. The van der Waals surface area contributed by atoms with Crippen molar-refractivity contribution in [1.29, 1.82) is 0 Å². The van der Waals surface area contributed by atoms with Crippen molar-refractivity contribution in [2.24, 2.45) is 5.92 Å². The van der Waals surface area contributed by atoms with Gasteiger partial charge in [-0.2, -0.15) is 0 Å². The maximum atomic E-state index is 13.3. The normalized spacial score (nSPS) is 15.0. The molecule has 1 aromatic heterocycles. The smallest absolute Gasteiger partial charge is 0.228 e. The maximum Gasteiger partial charge on any atom is 0.228 e. The van der Waals surface area contributed by atoms with Crippen LogP contribution in [0, 0.1) is 5.92 Å². The lowest BCUT2D eigenvalue weighted by Crippen LogP contribution is -2.28. The first kappa shape index (κ1) is 17.1. The Balaban J connectivity index is 1.89. The third-order valence-corrected chi connectivity index (χ3v) is 6.85. The van der Waals surface area contributed by atoms with Crippen molar-refractivity contribution < 1.29 is 13.2 Å². The Labute approximate surface area is 156 Å². The van der Waals surface area contributed by atoms with Gasteiger partial charge in [0.2, 0.25) is 15.7 Å². The SMILES string of the molecule is O=C(Nc1[nH]c2ccc(Cl)cc2c1S(=O)(=O)c1ccccc1)C1CCC1. The standard InChI is InChI=1S/C19H17ClN2O3S/c20-13-9-10-16-15(11-13)17(26(24,25)14-7-2-1-3-8-14)18(21-16)22-19(23)12-5-4-6-12/h1-3,7-12,21H,4-6H2,(H,22,23). The van der Waals surface area contributed by atoms with Crippen molar-refractivity contribution in [2.45, 2.75) is 29.1 Å². The highest BCUT2D eigenvalue weighted by Gasteiger charge is 2.30. The summed E-state index contributed by atoms with van der Waals surface area (Å²) in [7, 11) is -3.83. The average Bonchev–Trinajstić information content (AvgIpc) is 2.91. The maximum absolute atomic E-state index is 13.3. The fourth-order valence-electron chi connectivity index (χ4n) is 3.12. The quantitative estimate of drug-likeness (QED) is 0.695. The van der Waals surface area contributed by atoms with Gasteiger partial charge in [-0.25, -0.2) is 8.42 Å². The second-order valence-electron chi connectivity index (χ2n) is 6.45. The Morgan fingerprint density at radius 2 is 1.85 bits per heavy atom. The predicted molar refractivity (Wildman–Crippen MR) is 101 cm³/mol. The number of halogens is 1. The summed E-state index contributed by atoms with van der Waals surface area (Å²) in [5, 5.41) is 3.67. The fourth-order valence-corrected chi connectivity index (χ4v) is 4.87. The molecule has 2 aromatic carbocycles. The molecule has 0 saturated heterocycles. The molecular formula is C19H17ClN2O3S. The van der Waals surface area contributed by atoms with E-state index in [4.69, 9.17) is 11.6 Å². The lowest BCUT2D eigenvalue weighted by Gasteiger charge is -2.24. The molecule has 2 N–H and O–H groups in total. The number of fused-ring (bicyclic) bond motifs is 1. The summed E-state index contributed by atoms with van der Waals surface area (Å²) in [4.78, 5) is 15.7. The van der Waals surface area contributed by atoms with Gasteiger partial charge in [-0.3, -0.25) is 4.79 Å². The summed E-state index contributed by atoms with van der Waals surface area (Å²) in [5.74, 6) is -0.0151. The largest absolute Gasteiger partial charge is 0.340 e. The van der Waals surface area contributed by atoms with Crippen LogP contribution in [0.1, 0.15) is 19.3 Å². The minimum Gasteiger partial charge on any atom is -0.340 e. The van der Waals surface area contributed by atoms with Gasteiger partial charge >= 0.3 is 0 Å². The monoisotopic (exact) mass is 388 g/mol. The number of benzene rings is 2. The number of nitrogens with one attached hydrogen (secondary N) is 2. The van der Waals surface area contributed by atoms with Crippen molar-refractivity contribution in [3.05, 3.63) is 53.6 Å². The van der Waals surface area contributed by atoms with E-state index >= 15 is 0 Å². The van der Waals surface area contributed by atoms with Crippen molar-refractivity contribution in [1.82, 2.24) is 4.98 Å². The molecule has 0 radical (unpaired) electrons. The Bertz CT molecular complexity index is 1090. The number of H-pyrrole nitrogens is 1. The molecule has 0 unspecified atom stereocenters. The van der Waals surface area contributed by atoms with Crippen molar-refractivity contribution >= 4 is 44.1 Å². The van der Waals surface area contributed by atoms with E-state index in [1.807, 2.05) is 0 Å². The molecule has 1 fully saturated rings. The van der Waals surface area contributed by atoms with Gasteiger partial charge in [-0.05, 0) is 43.2 Å². The van der Waals surface area contributed by atoms with Gasteiger partial charge in [0, 0.05) is 21.8 Å². The summed E-state index contributed by atoms with van der Waals surface area (Å²) in [6.07, 6.45) is 2.69. The van der Waals surface area contributed by atoms with Crippen LogP contribution in [0.25, 0.3) is 10.9 Å². The first-order valence-electron chi connectivity index (χ1n) is 8.39. The molecule has 1 aliphatic rings. The van der Waals surface area contributed by atoms with Crippen LogP contribution in [-0.2, 0) is 14.6 Å². The molecule has 26 heavy (non-hydrogen) atoms. The molecule has 3 aromatic rings. The molecule has 1 heterocycles. The van der Waals surface area contributed by atoms with Crippen molar-refractivity contribution in [3.8, 4) is 0 Å². The Morgan fingerprint density at radius 1 is 1.12 bits per heavy atom. The fraction of sp³-hybridized carbons (Fsp3) is 0.211. The number of aromatic nitrogens is 1. The Hall–Kier alpha value is -2.31. The van der Waals surface area contributed by atoms with Crippen LogP contribution in [0.3, 0.4) is 0 Å². The van der Waals surface area contributed by atoms with E-state index in [-0.39, 0.29) is 27.4 Å². The van der Waals surface area contributed by atoms with Crippen LogP contribution >= 0.6 is 11.6 Å². The molecule has 5 nitrogen and oxygen atoms in total. The number of sulfone groups is 1. The van der Waals surface area contributed by atoms with Gasteiger partial charge in [0.15, 0.2) is 0 Å². The Morgan fingerprint density at radius 3 is 2.50 bits per heavy atom. The highest BCUT2D eigenvalue weighted by Crippen LogP contribution is 2.37. The van der Waals surface area contributed by atoms with Crippen LogP contribution in [0.2, 0.25) is 5.02 Å². The highest BCUT2D eigenvalue weighted by molar-refractivity contribution is 7.92. The van der Waals surface area contributed by atoms with Crippen LogP contribution < -0.4 is 5.32 Å². The number of amides is 1. The van der Waals surface area contributed by atoms with Gasteiger partial charge < -0.3 is 10.3 Å². The minimum atomic E-state index is -3.83. The zero-order valence-corrected chi connectivity index (χ0v) is 15.4. The molecule has 0 atom stereocenters. The van der Waals surface area contributed by atoms with E-state index in [1.165, 1.54) is 12.1 Å². The first-order valence-corrected chi connectivity index (χ1v) is 10.2. The number of carbonyl (C=O) groups excluding carboxylic acids is 1. The van der Waals surface area contributed by atoms with Gasteiger partial charge in [0.05, 0.1) is 4.90 Å². The number of anilines is 1. The van der Waals surface area contributed by atoms with E-state index in [2.05, 4.69) is 10.3 Å². The second kappa shape index (κ2) is 6.45. The molecule has 1 amide bonds. The number of hydrogen-bond acceptors (Lipinski definition) is 3. The molecule has 0 bridgehead atoms. The minimum absolute atomic E-state index is 0.0499. The zero-order chi connectivity index (χ0) is 18.3. The molecule has 0 spiro atoms.